The van der Waals surface area contributed by atoms with Crippen LogP contribution in [0.1, 0.15) is 27.7 Å². The van der Waals surface area contributed by atoms with Crippen LogP contribution in [0.2, 0.25) is 0 Å². The molecule has 1 aliphatic carbocycles. The summed E-state index contributed by atoms with van der Waals surface area (Å²) in [5, 5.41) is 0. The van der Waals surface area contributed by atoms with E-state index in [1.54, 1.807) is 24.7 Å². The monoisotopic (exact) mass is 228 g/mol. The lowest BCUT2D eigenvalue weighted by Crippen LogP contribution is -2.08. The van der Waals surface area contributed by atoms with Gasteiger partial charge in [0.05, 0.1) is 12.5 Å². The van der Waals surface area contributed by atoms with Crippen LogP contribution in [0.25, 0.3) is 0 Å². The first-order chi connectivity index (χ1) is 8.00. The molecule has 2 aliphatic rings. The van der Waals surface area contributed by atoms with Gasteiger partial charge in [0.25, 0.3) is 0 Å². The van der Waals surface area contributed by atoms with E-state index in [2.05, 4.69) is 0 Å². The maximum Gasteiger partial charge on any atom is 0.179 e. The summed E-state index contributed by atoms with van der Waals surface area (Å²) in [6.45, 7) is 8.01. The number of carbonyl (C=O) groups excluding carboxylic acids is 1. The van der Waals surface area contributed by atoms with Crippen LogP contribution in [0.4, 0.5) is 0 Å². The van der Waals surface area contributed by atoms with Gasteiger partial charge in [-0.3, -0.25) is 4.79 Å². The van der Waals surface area contributed by atoms with E-state index in [0.717, 1.165) is 27.9 Å². The summed E-state index contributed by atoms with van der Waals surface area (Å²) in [5.41, 5.74) is 6.55. The van der Waals surface area contributed by atoms with Crippen molar-refractivity contribution in [3.05, 3.63) is 58.1 Å². The van der Waals surface area contributed by atoms with E-state index >= 15 is 0 Å². The number of rotatable bonds is 0. The van der Waals surface area contributed by atoms with Crippen LogP contribution in [0, 0.1) is 0 Å². The predicted octanol–water partition coefficient (Wildman–Crippen LogP) is 3.60. The van der Waals surface area contributed by atoms with Crippen molar-refractivity contribution < 1.29 is 9.53 Å². The second-order valence-corrected chi connectivity index (χ2v) is 4.54. The first kappa shape index (κ1) is 11.6. The quantitative estimate of drug-likeness (QED) is 0.633. The van der Waals surface area contributed by atoms with Gasteiger partial charge >= 0.3 is 0 Å². The van der Waals surface area contributed by atoms with E-state index < -0.39 is 0 Å². The first-order valence-electron chi connectivity index (χ1n) is 5.66. The third-order valence-electron chi connectivity index (χ3n) is 3.03. The lowest BCUT2D eigenvalue weighted by Gasteiger charge is -2.22. The van der Waals surface area contributed by atoms with E-state index in [4.69, 9.17) is 4.74 Å². The van der Waals surface area contributed by atoms with Gasteiger partial charge in [0.15, 0.2) is 5.78 Å². The Bertz CT molecular complexity index is 493. The molecule has 0 saturated heterocycles. The molecular formula is C15H16O2. The summed E-state index contributed by atoms with van der Waals surface area (Å²) in [7, 11) is 0. The molecule has 0 atom stereocenters. The predicted molar refractivity (Wildman–Crippen MR) is 68.1 cm³/mol. The smallest absolute Gasteiger partial charge is 0.179 e. The minimum absolute atomic E-state index is 0.0691. The minimum Gasteiger partial charge on any atom is -0.472 e. The molecule has 2 nitrogen and oxygen atoms in total. The zero-order valence-corrected chi connectivity index (χ0v) is 10.6. The Balaban J connectivity index is 2.65. The van der Waals surface area contributed by atoms with Crippen LogP contribution in [0.15, 0.2) is 58.1 Å². The molecule has 0 aromatic carbocycles. The van der Waals surface area contributed by atoms with Crippen LogP contribution in [0.3, 0.4) is 0 Å². The standard InChI is InChI=1S/C15H16O2/c1-9-5-13(16)6-10(2)14(9)15-11(3)7-17-8-12(15)4/h5-8H,1-4H3. The Morgan fingerprint density at radius 1 is 0.765 bits per heavy atom. The zero-order chi connectivity index (χ0) is 12.6. The highest BCUT2D eigenvalue weighted by Crippen LogP contribution is 2.35. The molecule has 0 N–H and O–H groups in total. The van der Waals surface area contributed by atoms with Gasteiger partial charge in [0.2, 0.25) is 0 Å². The number of hydrogen-bond acceptors (Lipinski definition) is 2. The molecule has 1 heterocycles. The van der Waals surface area contributed by atoms with Crippen molar-refractivity contribution in [2.24, 2.45) is 0 Å². The van der Waals surface area contributed by atoms with Crippen LogP contribution in [-0.4, -0.2) is 5.78 Å². The van der Waals surface area contributed by atoms with Crippen molar-refractivity contribution in [1.29, 1.82) is 0 Å². The summed E-state index contributed by atoms with van der Waals surface area (Å²) in [5.74, 6) is 0.0691. The van der Waals surface area contributed by atoms with Gasteiger partial charge in [-0.2, -0.15) is 0 Å². The number of allylic oxidation sites excluding steroid dienone is 8. The number of ketones is 1. The summed E-state index contributed by atoms with van der Waals surface area (Å²) in [6.07, 6.45) is 6.86. The average molecular weight is 228 g/mol. The Hall–Kier alpha value is -1.83. The number of hydrogen-bond donors (Lipinski definition) is 0. The Labute approximate surface area is 102 Å². The van der Waals surface area contributed by atoms with Crippen molar-refractivity contribution in [1.82, 2.24) is 0 Å². The van der Waals surface area contributed by atoms with Crippen molar-refractivity contribution >= 4 is 5.78 Å². The molecule has 2 heteroatoms. The number of carbonyl (C=O) groups is 1. The van der Waals surface area contributed by atoms with E-state index in [0.29, 0.717) is 0 Å². The third-order valence-corrected chi connectivity index (χ3v) is 3.03. The van der Waals surface area contributed by atoms with Gasteiger partial charge < -0.3 is 4.74 Å². The topological polar surface area (TPSA) is 26.3 Å². The highest BCUT2D eigenvalue weighted by atomic mass is 16.5. The molecule has 0 amide bonds. The molecule has 1 aliphatic heterocycles. The van der Waals surface area contributed by atoms with Gasteiger partial charge in [-0.05, 0) is 73.3 Å². The van der Waals surface area contributed by atoms with E-state index in [-0.39, 0.29) is 5.78 Å². The Morgan fingerprint density at radius 3 is 1.65 bits per heavy atom. The molecule has 88 valence electrons. The fourth-order valence-corrected chi connectivity index (χ4v) is 2.38. The van der Waals surface area contributed by atoms with Gasteiger partial charge in [0.1, 0.15) is 0 Å². The van der Waals surface area contributed by atoms with Crippen molar-refractivity contribution in [3.63, 3.8) is 0 Å². The van der Waals surface area contributed by atoms with Crippen LogP contribution < -0.4 is 0 Å². The first-order valence-corrected chi connectivity index (χ1v) is 5.66. The van der Waals surface area contributed by atoms with Crippen molar-refractivity contribution in [2.45, 2.75) is 27.7 Å². The van der Waals surface area contributed by atoms with Gasteiger partial charge in [-0.15, -0.1) is 0 Å². The zero-order valence-electron chi connectivity index (χ0n) is 10.6. The lowest BCUT2D eigenvalue weighted by atomic mass is 9.84. The van der Waals surface area contributed by atoms with Gasteiger partial charge in [0, 0.05) is 0 Å². The molecule has 0 bridgehead atoms. The molecule has 0 saturated carbocycles. The van der Waals surface area contributed by atoms with E-state index in [1.165, 1.54) is 5.57 Å². The summed E-state index contributed by atoms with van der Waals surface area (Å²) < 4.78 is 5.24. The molecule has 0 spiro atoms. The van der Waals surface area contributed by atoms with E-state index in [1.807, 2.05) is 27.7 Å². The SMILES string of the molecule is CC1=COC=C(C)C1=C1C(C)=CC(=O)C=C1C. The van der Waals surface area contributed by atoms with Gasteiger partial charge in [-0.25, -0.2) is 0 Å². The van der Waals surface area contributed by atoms with Crippen LogP contribution in [0.5, 0.6) is 0 Å². The fraction of sp³-hybridized carbons (Fsp3) is 0.267. The van der Waals surface area contributed by atoms with Crippen molar-refractivity contribution in [2.75, 3.05) is 0 Å². The maximum atomic E-state index is 11.4. The molecule has 0 fully saturated rings. The Kier molecular flexibility index (Phi) is 2.88. The van der Waals surface area contributed by atoms with Crippen molar-refractivity contribution in [3.8, 4) is 0 Å². The molecule has 0 unspecified atom stereocenters. The molecule has 17 heavy (non-hydrogen) atoms. The summed E-state index contributed by atoms with van der Waals surface area (Å²) in [4.78, 5) is 11.4. The maximum absolute atomic E-state index is 11.4. The highest BCUT2D eigenvalue weighted by Gasteiger charge is 2.20. The van der Waals surface area contributed by atoms with Gasteiger partial charge in [-0.1, -0.05) is 0 Å². The van der Waals surface area contributed by atoms with Crippen LogP contribution in [-0.2, 0) is 9.53 Å². The molecule has 0 aromatic rings. The second-order valence-electron chi connectivity index (χ2n) is 4.54. The normalized spacial score (nSPS) is 20.4. The Morgan fingerprint density at radius 2 is 1.18 bits per heavy atom. The minimum atomic E-state index is 0.0691. The number of ether oxygens (including phenoxy) is 1. The van der Waals surface area contributed by atoms with Crippen LogP contribution >= 0.6 is 0 Å². The fourth-order valence-electron chi connectivity index (χ4n) is 2.38. The summed E-state index contributed by atoms with van der Waals surface area (Å²) >= 11 is 0. The summed E-state index contributed by atoms with van der Waals surface area (Å²) in [6, 6.07) is 0. The molecule has 0 radical (unpaired) electrons. The second kappa shape index (κ2) is 4.21. The molecule has 2 rings (SSSR count). The molecular weight excluding hydrogens is 212 g/mol. The molecule has 0 aromatic heterocycles. The largest absolute Gasteiger partial charge is 0.472 e. The third kappa shape index (κ3) is 2.03. The van der Waals surface area contributed by atoms with E-state index in [9.17, 15) is 4.79 Å². The lowest BCUT2D eigenvalue weighted by molar-refractivity contribution is -0.110. The average Bonchev–Trinajstić information content (AvgIpc) is 2.21. The highest BCUT2D eigenvalue weighted by molar-refractivity contribution is 6.03.